The minimum atomic E-state index is -0.0724. The van der Waals surface area contributed by atoms with Crippen LogP contribution < -0.4 is 9.47 Å². The highest BCUT2D eigenvalue weighted by Crippen LogP contribution is 2.50. The summed E-state index contributed by atoms with van der Waals surface area (Å²) in [5, 5.41) is 1.65. The molecule has 0 unspecified atom stereocenters. The van der Waals surface area contributed by atoms with Gasteiger partial charge in [0.05, 0.1) is 30.5 Å². The van der Waals surface area contributed by atoms with E-state index in [9.17, 15) is 0 Å². The largest absolute Gasteiger partial charge is 0.493 e. The Morgan fingerprint density at radius 1 is 1.29 bits per heavy atom. The number of ether oxygens (including phenoxy) is 2. The van der Waals surface area contributed by atoms with Crippen LogP contribution in [0.4, 0.5) is 0 Å². The second-order valence-corrected chi connectivity index (χ2v) is 8.20. The molecule has 3 heterocycles. The molecule has 0 radical (unpaired) electrons. The van der Waals surface area contributed by atoms with E-state index in [4.69, 9.17) is 26.1 Å². The normalized spacial score (nSPS) is 23.5. The molecule has 1 saturated heterocycles. The van der Waals surface area contributed by atoms with Gasteiger partial charge in [-0.15, -0.1) is 0 Å². The first-order chi connectivity index (χ1) is 13.7. The van der Waals surface area contributed by atoms with Gasteiger partial charge in [-0.25, -0.2) is 0 Å². The van der Waals surface area contributed by atoms with Crippen molar-refractivity contribution < 1.29 is 9.47 Å². The lowest BCUT2D eigenvalue weighted by molar-refractivity contribution is 0.254. The minimum absolute atomic E-state index is 0.0342. The summed E-state index contributed by atoms with van der Waals surface area (Å²) < 4.78 is 11.3. The fourth-order valence-electron chi connectivity index (χ4n) is 3.90. The van der Waals surface area contributed by atoms with Crippen molar-refractivity contribution in [3.8, 4) is 11.5 Å². The van der Waals surface area contributed by atoms with Gasteiger partial charge in [-0.1, -0.05) is 36.4 Å². The number of benzene rings is 1. The average molecular weight is 418 g/mol. The number of nitrogens with zero attached hydrogens (tertiary/aromatic N) is 3. The lowest BCUT2D eigenvalue weighted by Crippen LogP contribution is -2.35. The molecule has 2 aliphatic heterocycles. The van der Waals surface area contributed by atoms with Crippen molar-refractivity contribution in [2.24, 2.45) is 4.99 Å². The molecule has 1 aromatic heterocycles. The van der Waals surface area contributed by atoms with Crippen molar-refractivity contribution in [3.05, 3.63) is 52.8 Å². The van der Waals surface area contributed by atoms with Crippen molar-refractivity contribution in [1.29, 1.82) is 0 Å². The lowest BCUT2D eigenvalue weighted by atomic mass is 9.95. The maximum absolute atomic E-state index is 6.60. The van der Waals surface area contributed by atoms with Crippen molar-refractivity contribution >= 4 is 28.5 Å². The number of rotatable bonds is 6. The molecule has 148 valence electrons. The Morgan fingerprint density at radius 2 is 2.14 bits per heavy atom. The monoisotopic (exact) mass is 417 g/mol. The fourth-order valence-corrected chi connectivity index (χ4v) is 5.52. The van der Waals surface area contributed by atoms with Crippen molar-refractivity contribution in [2.45, 2.75) is 38.4 Å². The highest BCUT2D eigenvalue weighted by molar-refractivity contribution is 8.14. The maximum Gasteiger partial charge on any atom is 0.179 e. The van der Waals surface area contributed by atoms with E-state index >= 15 is 0 Å². The maximum atomic E-state index is 6.60. The van der Waals surface area contributed by atoms with E-state index < -0.39 is 0 Å². The second kappa shape index (κ2) is 8.21. The molecule has 0 spiro atoms. The number of hydrogen-bond donors (Lipinski definition) is 0. The molecule has 1 aromatic carbocycles. The van der Waals surface area contributed by atoms with E-state index in [-0.39, 0.29) is 12.1 Å². The van der Waals surface area contributed by atoms with Gasteiger partial charge in [-0.05, 0) is 43.2 Å². The van der Waals surface area contributed by atoms with Gasteiger partial charge in [-0.3, -0.25) is 9.98 Å². The van der Waals surface area contributed by atoms with Gasteiger partial charge in [0.1, 0.15) is 6.04 Å². The third kappa shape index (κ3) is 3.33. The van der Waals surface area contributed by atoms with Gasteiger partial charge in [0.2, 0.25) is 0 Å². The average Bonchev–Trinajstić information content (AvgIpc) is 3.29. The molecule has 3 atom stereocenters. The Labute approximate surface area is 175 Å². The minimum Gasteiger partial charge on any atom is -0.493 e. The van der Waals surface area contributed by atoms with Crippen LogP contribution in [0.1, 0.15) is 43.6 Å². The number of methoxy groups -OCH3 is 1. The van der Waals surface area contributed by atoms with Crippen LogP contribution >= 0.6 is 23.4 Å². The summed E-state index contributed by atoms with van der Waals surface area (Å²) in [7, 11) is 1.64. The molecule has 0 saturated carbocycles. The van der Waals surface area contributed by atoms with E-state index in [0.717, 1.165) is 28.6 Å². The third-order valence-electron chi connectivity index (χ3n) is 5.21. The number of hydrogen-bond acceptors (Lipinski definition) is 6. The molecule has 2 aromatic rings. The highest BCUT2D eigenvalue weighted by Gasteiger charge is 2.45. The van der Waals surface area contributed by atoms with E-state index in [1.165, 1.54) is 0 Å². The summed E-state index contributed by atoms with van der Waals surface area (Å²) in [6, 6.07) is 10.4. The summed E-state index contributed by atoms with van der Waals surface area (Å²) in [5.74, 6) is 2.30. The zero-order valence-electron chi connectivity index (χ0n) is 16.3. The molecule has 7 heteroatoms. The standard InChI is InChI=1S/C21H24ClN3O2S/c1-4-14-12-28-21-24-18(16-8-6-7-9-23-16)19(25(14)21)13-10-15(22)20(27-5-2)17(11-13)26-3/h6-11,14,18-19H,4-5,12H2,1-3H3/t14-,18-,19-/m1/s1. The summed E-state index contributed by atoms with van der Waals surface area (Å²) in [4.78, 5) is 12.1. The SMILES string of the molecule is CCOc1c(Cl)cc([C@@H]2[C@@H](c3ccccn3)N=C3SC[C@@H](CC)N32)cc1OC. The van der Waals surface area contributed by atoms with E-state index in [2.05, 4.69) is 16.8 Å². The first-order valence-corrected chi connectivity index (χ1v) is 10.9. The van der Waals surface area contributed by atoms with Gasteiger partial charge in [0, 0.05) is 18.0 Å². The second-order valence-electron chi connectivity index (χ2n) is 6.80. The zero-order valence-corrected chi connectivity index (χ0v) is 17.8. The van der Waals surface area contributed by atoms with Crippen LogP contribution in [0.25, 0.3) is 0 Å². The predicted molar refractivity (Wildman–Crippen MR) is 115 cm³/mol. The smallest absolute Gasteiger partial charge is 0.179 e. The van der Waals surface area contributed by atoms with Crippen LogP contribution in [0.5, 0.6) is 11.5 Å². The number of amidine groups is 1. The number of aliphatic imine (C=N–C) groups is 1. The van der Waals surface area contributed by atoms with Gasteiger partial charge in [0.25, 0.3) is 0 Å². The van der Waals surface area contributed by atoms with Gasteiger partial charge in [0.15, 0.2) is 16.7 Å². The number of thioether (sulfide) groups is 1. The molecule has 5 nitrogen and oxygen atoms in total. The zero-order chi connectivity index (χ0) is 19.7. The van der Waals surface area contributed by atoms with Crippen LogP contribution in [0, 0.1) is 0 Å². The lowest BCUT2D eigenvalue weighted by Gasteiger charge is -2.32. The van der Waals surface area contributed by atoms with Crippen molar-refractivity contribution in [1.82, 2.24) is 9.88 Å². The molecule has 0 aliphatic carbocycles. The van der Waals surface area contributed by atoms with Crippen LogP contribution in [-0.4, -0.2) is 40.6 Å². The number of halogens is 1. The van der Waals surface area contributed by atoms with E-state index in [1.807, 2.05) is 55.2 Å². The summed E-state index contributed by atoms with van der Waals surface area (Å²) >= 11 is 8.42. The summed E-state index contributed by atoms with van der Waals surface area (Å²) in [6.07, 6.45) is 2.89. The molecule has 2 aliphatic rings. The van der Waals surface area contributed by atoms with Gasteiger partial charge in [-0.2, -0.15) is 0 Å². The Balaban J connectivity index is 1.81. The highest BCUT2D eigenvalue weighted by atomic mass is 35.5. The van der Waals surface area contributed by atoms with Crippen LogP contribution in [0.3, 0.4) is 0 Å². The summed E-state index contributed by atoms with van der Waals surface area (Å²) in [6.45, 7) is 4.69. The summed E-state index contributed by atoms with van der Waals surface area (Å²) in [5.41, 5.74) is 2.04. The first-order valence-electron chi connectivity index (χ1n) is 9.58. The molecule has 0 amide bonds. The molecular formula is C21H24ClN3O2S. The predicted octanol–water partition coefficient (Wildman–Crippen LogP) is 5.12. The molecule has 28 heavy (non-hydrogen) atoms. The fraction of sp³-hybridized carbons (Fsp3) is 0.429. The third-order valence-corrected chi connectivity index (χ3v) is 6.62. The molecule has 1 fully saturated rings. The Bertz CT molecular complexity index is 877. The Morgan fingerprint density at radius 3 is 2.82 bits per heavy atom. The number of pyridine rings is 1. The molecule has 0 N–H and O–H groups in total. The van der Waals surface area contributed by atoms with Crippen LogP contribution in [0.15, 0.2) is 41.5 Å². The van der Waals surface area contributed by atoms with Crippen molar-refractivity contribution in [3.63, 3.8) is 0 Å². The number of fused-ring (bicyclic) bond motifs is 1. The molecule has 0 bridgehead atoms. The van der Waals surface area contributed by atoms with Crippen LogP contribution in [0.2, 0.25) is 5.02 Å². The Kier molecular flexibility index (Phi) is 5.69. The first kappa shape index (κ1) is 19.4. The Hall–Kier alpha value is -1.92. The van der Waals surface area contributed by atoms with Gasteiger partial charge < -0.3 is 14.4 Å². The van der Waals surface area contributed by atoms with E-state index in [1.54, 1.807) is 7.11 Å². The van der Waals surface area contributed by atoms with Crippen molar-refractivity contribution in [2.75, 3.05) is 19.5 Å². The quantitative estimate of drug-likeness (QED) is 0.652. The number of aromatic nitrogens is 1. The van der Waals surface area contributed by atoms with Gasteiger partial charge >= 0.3 is 0 Å². The molecule has 4 rings (SSSR count). The molecular weight excluding hydrogens is 394 g/mol. The van der Waals surface area contributed by atoms with E-state index in [0.29, 0.717) is 29.2 Å². The van der Waals surface area contributed by atoms with Crippen LogP contribution in [-0.2, 0) is 0 Å². The topological polar surface area (TPSA) is 47.0 Å².